The minimum Gasteiger partial charge on any atom is -0.488 e. The summed E-state index contributed by atoms with van der Waals surface area (Å²) in [6.07, 6.45) is 3.79. The number of rotatable bonds is 8. The average molecular weight is 586 g/mol. The summed E-state index contributed by atoms with van der Waals surface area (Å²) in [6, 6.07) is 14.1. The van der Waals surface area contributed by atoms with Crippen molar-refractivity contribution in [1.29, 1.82) is 0 Å². The van der Waals surface area contributed by atoms with E-state index in [1.54, 1.807) is 26.8 Å². The van der Waals surface area contributed by atoms with Gasteiger partial charge in [0.05, 0.1) is 13.7 Å². The van der Waals surface area contributed by atoms with Crippen LogP contribution < -0.4 is 15.0 Å². The number of ether oxygens (including phenoxy) is 3. The molecule has 0 spiro atoms. The zero-order chi connectivity index (χ0) is 29.7. The molecular weight excluding hydrogens is 542 g/mol. The van der Waals surface area contributed by atoms with Crippen LogP contribution in [0.4, 0.5) is 10.5 Å². The monoisotopic (exact) mass is 585 g/mol. The van der Waals surface area contributed by atoms with E-state index in [0.717, 1.165) is 37.9 Å². The van der Waals surface area contributed by atoms with Gasteiger partial charge in [-0.05, 0) is 82.7 Å². The first-order valence-corrected chi connectivity index (χ1v) is 14.9. The minimum atomic E-state index is -0.769. The van der Waals surface area contributed by atoms with Crippen LogP contribution in [0.15, 0.2) is 42.5 Å². The van der Waals surface area contributed by atoms with E-state index in [4.69, 9.17) is 25.8 Å². The van der Waals surface area contributed by atoms with E-state index >= 15 is 0 Å². The second kappa shape index (κ2) is 13.3. The SMILES string of the molecule is CNCc1ccccc1C1CCC(N(C)c2cc(Cl)cc(O[C@H]3C[C@@H](C(=O)OC)N(C(=O)OC(C)(C)C)C3)c2)CC1. The molecular formula is C32H44ClN3O5. The number of halogens is 1. The molecule has 1 aliphatic carbocycles. The number of hydrogen-bond donors (Lipinski definition) is 1. The third-order valence-electron chi connectivity index (χ3n) is 8.04. The van der Waals surface area contributed by atoms with E-state index in [0.29, 0.717) is 29.2 Å². The normalized spacial score (nSPS) is 22.8. The zero-order valence-electron chi connectivity index (χ0n) is 25.1. The number of carbonyl (C=O) groups is 2. The molecule has 1 saturated carbocycles. The lowest BCUT2D eigenvalue weighted by Gasteiger charge is -2.37. The number of hydrogen-bond acceptors (Lipinski definition) is 7. The Kier molecular flexibility index (Phi) is 10.1. The van der Waals surface area contributed by atoms with E-state index in [1.165, 1.54) is 23.1 Å². The van der Waals surface area contributed by atoms with Crippen LogP contribution in [0.25, 0.3) is 0 Å². The number of nitrogens with zero attached hydrogens (tertiary/aromatic N) is 2. The number of esters is 1. The Labute approximate surface area is 249 Å². The summed E-state index contributed by atoms with van der Waals surface area (Å²) in [5.41, 5.74) is 3.15. The molecule has 8 nitrogen and oxygen atoms in total. The number of anilines is 1. The van der Waals surface area contributed by atoms with Crippen molar-refractivity contribution in [3.8, 4) is 5.75 Å². The van der Waals surface area contributed by atoms with Crippen LogP contribution in [0.2, 0.25) is 5.02 Å². The van der Waals surface area contributed by atoms with Gasteiger partial charge < -0.3 is 24.4 Å². The van der Waals surface area contributed by atoms with Gasteiger partial charge >= 0.3 is 12.1 Å². The smallest absolute Gasteiger partial charge is 0.411 e. The highest BCUT2D eigenvalue weighted by Gasteiger charge is 2.43. The fourth-order valence-corrected chi connectivity index (χ4v) is 6.26. The summed E-state index contributed by atoms with van der Waals surface area (Å²) < 4.78 is 16.8. The summed E-state index contributed by atoms with van der Waals surface area (Å²) in [5, 5.41) is 3.87. The fraction of sp³-hybridized carbons (Fsp3) is 0.562. The second-order valence-corrected chi connectivity index (χ2v) is 12.6. The molecule has 9 heteroatoms. The molecule has 1 N–H and O–H groups in total. The highest BCUT2D eigenvalue weighted by atomic mass is 35.5. The first-order chi connectivity index (χ1) is 19.5. The topological polar surface area (TPSA) is 80.3 Å². The number of likely N-dealkylation sites (tertiary alicyclic amines) is 1. The van der Waals surface area contributed by atoms with Gasteiger partial charge in [-0.1, -0.05) is 35.9 Å². The maximum atomic E-state index is 12.8. The standard InChI is InChI=1S/C32H44ClN3O5/c1-32(2,3)41-31(38)36-20-27(18-29(36)30(37)39-6)40-26-16-23(33)15-25(17-26)35(5)24-13-11-21(12-14-24)28-10-8-7-9-22(28)19-34-4/h7-10,15-17,21,24,27,29,34H,11-14,18-20H2,1-6H3/t21?,24?,27-,29-/m0/s1. The average Bonchev–Trinajstić information content (AvgIpc) is 3.35. The Morgan fingerprint density at radius 2 is 1.80 bits per heavy atom. The molecule has 0 radical (unpaired) electrons. The van der Waals surface area contributed by atoms with Gasteiger partial charge in [0.2, 0.25) is 0 Å². The van der Waals surface area contributed by atoms with Gasteiger partial charge in [-0.25, -0.2) is 9.59 Å². The van der Waals surface area contributed by atoms with Crippen LogP contribution in [-0.2, 0) is 20.8 Å². The molecule has 224 valence electrons. The number of nitrogens with one attached hydrogen (secondary N) is 1. The largest absolute Gasteiger partial charge is 0.488 e. The molecule has 2 aromatic carbocycles. The maximum Gasteiger partial charge on any atom is 0.411 e. The van der Waals surface area contributed by atoms with E-state index in [9.17, 15) is 9.59 Å². The van der Waals surface area contributed by atoms with Gasteiger partial charge in [0.25, 0.3) is 0 Å². The van der Waals surface area contributed by atoms with Gasteiger partial charge in [0.15, 0.2) is 0 Å². The lowest BCUT2D eigenvalue weighted by molar-refractivity contribution is -0.145. The molecule has 1 heterocycles. The lowest BCUT2D eigenvalue weighted by Crippen LogP contribution is -2.44. The highest BCUT2D eigenvalue weighted by Crippen LogP contribution is 2.38. The van der Waals surface area contributed by atoms with E-state index in [-0.39, 0.29) is 6.54 Å². The van der Waals surface area contributed by atoms with Crippen LogP contribution in [0.5, 0.6) is 5.75 Å². The predicted molar refractivity (Wildman–Crippen MR) is 162 cm³/mol. The molecule has 2 aliphatic rings. The van der Waals surface area contributed by atoms with Crippen molar-refractivity contribution in [3.63, 3.8) is 0 Å². The quantitative estimate of drug-likeness (QED) is 0.372. The van der Waals surface area contributed by atoms with Gasteiger partial charge in [0, 0.05) is 42.8 Å². The van der Waals surface area contributed by atoms with Gasteiger partial charge in [-0.3, -0.25) is 4.90 Å². The van der Waals surface area contributed by atoms with Crippen molar-refractivity contribution in [2.24, 2.45) is 0 Å². The van der Waals surface area contributed by atoms with Gasteiger partial charge in [-0.15, -0.1) is 0 Å². The molecule has 2 fully saturated rings. The van der Waals surface area contributed by atoms with Crippen molar-refractivity contribution < 1.29 is 23.8 Å². The maximum absolute atomic E-state index is 12.8. The molecule has 4 rings (SSSR count). The van der Waals surface area contributed by atoms with Gasteiger partial charge in [0.1, 0.15) is 23.5 Å². The van der Waals surface area contributed by atoms with Crippen LogP contribution in [-0.4, -0.2) is 68.5 Å². The van der Waals surface area contributed by atoms with Crippen molar-refractivity contribution in [2.45, 2.75) is 89.1 Å². The molecule has 0 aromatic heterocycles. The predicted octanol–water partition coefficient (Wildman–Crippen LogP) is 6.15. The fourth-order valence-electron chi connectivity index (χ4n) is 6.05. The Balaban J connectivity index is 1.42. The summed E-state index contributed by atoms with van der Waals surface area (Å²) in [6.45, 7) is 6.48. The Morgan fingerprint density at radius 3 is 2.46 bits per heavy atom. The third kappa shape index (κ3) is 7.86. The number of methoxy groups -OCH3 is 1. The first-order valence-electron chi connectivity index (χ1n) is 14.5. The summed E-state index contributed by atoms with van der Waals surface area (Å²) in [5.74, 6) is 0.687. The zero-order valence-corrected chi connectivity index (χ0v) is 25.9. The number of benzene rings is 2. The molecule has 0 unspecified atom stereocenters. The molecule has 2 atom stereocenters. The van der Waals surface area contributed by atoms with Crippen LogP contribution >= 0.6 is 11.6 Å². The molecule has 0 bridgehead atoms. The third-order valence-corrected chi connectivity index (χ3v) is 8.25. The van der Waals surface area contributed by atoms with Gasteiger partial charge in [-0.2, -0.15) is 0 Å². The number of amides is 1. The van der Waals surface area contributed by atoms with E-state index in [1.807, 2.05) is 19.2 Å². The van der Waals surface area contributed by atoms with Crippen molar-refractivity contribution in [1.82, 2.24) is 10.2 Å². The molecule has 2 aromatic rings. The van der Waals surface area contributed by atoms with E-state index in [2.05, 4.69) is 41.5 Å². The van der Waals surface area contributed by atoms with Crippen LogP contribution in [0, 0.1) is 0 Å². The molecule has 1 amide bonds. The van der Waals surface area contributed by atoms with Crippen LogP contribution in [0.3, 0.4) is 0 Å². The van der Waals surface area contributed by atoms with Crippen LogP contribution in [0.1, 0.15) is 69.9 Å². The molecule has 1 saturated heterocycles. The minimum absolute atomic E-state index is 0.214. The Morgan fingerprint density at radius 1 is 1.10 bits per heavy atom. The lowest BCUT2D eigenvalue weighted by atomic mass is 9.79. The first kappa shape index (κ1) is 31.0. The van der Waals surface area contributed by atoms with Crippen molar-refractivity contribution in [2.75, 3.05) is 32.6 Å². The van der Waals surface area contributed by atoms with E-state index < -0.39 is 29.8 Å². The molecule has 1 aliphatic heterocycles. The molecule has 41 heavy (non-hydrogen) atoms. The summed E-state index contributed by atoms with van der Waals surface area (Å²) in [7, 11) is 5.42. The Bertz CT molecular complexity index is 1210. The number of carbonyl (C=O) groups excluding carboxylic acids is 2. The summed E-state index contributed by atoms with van der Waals surface area (Å²) in [4.78, 5) is 29.0. The van der Waals surface area contributed by atoms with Crippen molar-refractivity contribution >= 4 is 29.4 Å². The van der Waals surface area contributed by atoms with Crippen molar-refractivity contribution in [3.05, 3.63) is 58.6 Å². The second-order valence-electron chi connectivity index (χ2n) is 12.1. The Hall–Kier alpha value is -2.97. The summed E-state index contributed by atoms with van der Waals surface area (Å²) >= 11 is 6.55. The highest BCUT2D eigenvalue weighted by molar-refractivity contribution is 6.31.